The molecule has 0 radical (unpaired) electrons. The topological polar surface area (TPSA) is 40.5 Å². The fraction of sp³-hybridized carbons (Fsp3) is 0.615. The lowest BCUT2D eigenvalue weighted by atomic mass is 9.68. The monoisotopic (exact) mass is 331 g/mol. The first-order valence-corrected chi connectivity index (χ1v) is 7.79. The molecule has 1 heterocycles. The van der Waals surface area contributed by atoms with Crippen LogP contribution in [0.25, 0.3) is 0 Å². The first-order chi connectivity index (χ1) is 8.52. The van der Waals surface area contributed by atoms with Crippen LogP contribution in [0.15, 0.2) is 15.9 Å². The fourth-order valence-corrected chi connectivity index (χ4v) is 3.90. The molecule has 5 heteroatoms. The molecule has 1 fully saturated rings. The van der Waals surface area contributed by atoms with E-state index in [-0.39, 0.29) is 0 Å². The molecule has 0 bridgehead atoms. The van der Waals surface area contributed by atoms with Gasteiger partial charge in [-0.1, -0.05) is 6.42 Å². The van der Waals surface area contributed by atoms with Gasteiger partial charge >= 0.3 is 5.97 Å². The first-order valence-electron chi connectivity index (χ1n) is 6.18. The Bertz CT molecular complexity index is 428. The maximum Gasteiger partial charge on any atom is 0.310 e. The van der Waals surface area contributed by atoms with Gasteiger partial charge in [-0.05, 0) is 54.4 Å². The molecule has 0 saturated heterocycles. The van der Waals surface area contributed by atoms with Gasteiger partial charge < -0.3 is 10.0 Å². The summed E-state index contributed by atoms with van der Waals surface area (Å²) in [6.45, 7) is 1.59. The van der Waals surface area contributed by atoms with Crippen LogP contribution >= 0.6 is 27.3 Å². The molecule has 100 valence electrons. The number of rotatable bonds is 6. The van der Waals surface area contributed by atoms with Gasteiger partial charge in [-0.2, -0.15) is 0 Å². The standard InChI is InChI=1S/C13H18BrNO2S/c1-15(8-5-10-3-4-11(14)18-10)9-13(12(16)17)6-2-7-13/h3-4H,2,5-9H2,1H3,(H,16,17). The predicted octanol–water partition coefficient (Wildman–Crippen LogP) is 3.24. The summed E-state index contributed by atoms with van der Waals surface area (Å²) in [6, 6.07) is 4.18. The average molecular weight is 332 g/mol. The number of carbonyl (C=O) groups is 1. The van der Waals surface area contributed by atoms with Crippen molar-refractivity contribution in [3.63, 3.8) is 0 Å². The highest BCUT2D eigenvalue weighted by Crippen LogP contribution is 2.41. The normalized spacial score (nSPS) is 17.7. The smallest absolute Gasteiger partial charge is 0.310 e. The molecule has 1 aliphatic rings. The number of hydrogen-bond donors (Lipinski definition) is 1. The van der Waals surface area contributed by atoms with Crippen LogP contribution in [0.1, 0.15) is 24.1 Å². The summed E-state index contributed by atoms with van der Waals surface area (Å²) in [5.41, 5.74) is -0.467. The Morgan fingerprint density at radius 1 is 1.56 bits per heavy atom. The third-order valence-electron chi connectivity index (χ3n) is 3.71. The van der Waals surface area contributed by atoms with Gasteiger partial charge in [-0.25, -0.2) is 0 Å². The number of hydrogen-bond acceptors (Lipinski definition) is 3. The molecule has 0 aliphatic heterocycles. The molecule has 0 unspecified atom stereocenters. The van der Waals surface area contributed by atoms with E-state index in [4.69, 9.17) is 0 Å². The number of carboxylic acids is 1. The number of likely N-dealkylation sites (N-methyl/N-ethyl adjacent to an activating group) is 1. The number of halogens is 1. The summed E-state index contributed by atoms with van der Waals surface area (Å²) in [5, 5.41) is 9.29. The summed E-state index contributed by atoms with van der Waals surface area (Å²) in [4.78, 5) is 14.8. The van der Waals surface area contributed by atoms with Crippen molar-refractivity contribution in [3.8, 4) is 0 Å². The van der Waals surface area contributed by atoms with Crippen molar-refractivity contribution in [1.29, 1.82) is 0 Å². The molecule has 18 heavy (non-hydrogen) atoms. The first kappa shape index (κ1) is 14.0. The number of thiophene rings is 1. The molecule has 1 saturated carbocycles. The molecule has 1 N–H and O–H groups in total. The van der Waals surface area contributed by atoms with E-state index < -0.39 is 11.4 Å². The molecule has 3 nitrogen and oxygen atoms in total. The molecule has 0 atom stereocenters. The van der Waals surface area contributed by atoms with Gasteiger partial charge in [0.15, 0.2) is 0 Å². The van der Waals surface area contributed by atoms with Crippen molar-refractivity contribution >= 4 is 33.2 Å². The van der Waals surface area contributed by atoms with Crippen LogP contribution in [0.2, 0.25) is 0 Å². The number of nitrogens with zero attached hydrogens (tertiary/aromatic N) is 1. The van der Waals surface area contributed by atoms with Gasteiger partial charge in [0.25, 0.3) is 0 Å². The summed E-state index contributed by atoms with van der Waals surface area (Å²) in [5.74, 6) is -0.625. The molecule has 0 aromatic carbocycles. The number of carboxylic acid groups (broad SMARTS) is 1. The minimum Gasteiger partial charge on any atom is -0.481 e. The van der Waals surface area contributed by atoms with Gasteiger partial charge in [0.2, 0.25) is 0 Å². The lowest BCUT2D eigenvalue weighted by molar-refractivity contribution is -0.155. The molecule has 1 aromatic heterocycles. The Hall–Kier alpha value is -0.390. The second kappa shape index (κ2) is 5.72. The van der Waals surface area contributed by atoms with E-state index in [0.717, 1.165) is 36.0 Å². The molecule has 2 rings (SSSR count). The predicted molar refractivity (Wildman–Crippen MR) is 77.1 cm³/mol. The second-order valence-corrected chi connectivity index (χ2v) is 7.68. The summed E-state index contributed by atoms with van der Waals surface area (Å²) in [7, 11) is 2.02. The van der Waals surface area contributed by atoms with E-state index in [9.17, 15) is 9.90 Å². The van der Waals surface area contributed by atoms with Crippen LogP contribution in [0.4, 0.5) is 0 Å². The van der Waals surface area contributed by atoms with Gasteiger partial charge in [0, 0.05) is 18.0 Å². The molecule has 0 amide bonds. The molecular formula is C13H18BrNO2S. The van der Waals surface area contributed by atoms with E-state index in [1.807, 2.05) is 7.05 Å². The largest absolute Gasteiger partial charge is 0.481 e. The zero-order chi connectivity index (χ0) is 13.2. The summed E-state index contributed by atoms with van der Waals surface area (Å²) in [6.07, 6.45) is 3.70. The molecular weight excluding hydrogens is 314 g/mol. The summed E-state index contributed by atoms with van der Waals surface area (Å²) < 4.78 is 1.15. The highest BCUT2D eigenvalue weighted by atomic mass is 79.9. The zero-order valence-corrected chi connectivity index (χ0v) is 12.9. The maximum absolute atomic E-state index is 11.3. The van der Waals surface area contributed by atoms with Crippen molar-refractivity contribution in [2.24, 2.45) is 5.41 Å². The van der Waals surface area contributed by atoms with Crippen LogP contribution in [0.3, 0.4) is 0 Å². The van der Waals surface area contributed by atoms with Crippen LogP contribution in [-0.2, 0) is 11.2 Å². The minimum atomic E-state index is -0.625. The third kappa shape index (κ3) is 3.13. The average Bonchev–Trinajstić information content (AvgIpc) is 2.66. The highest BCUT2D eigenvalue weighted by Gasteiger charge is 2.44. The fourth-order valence-electron chi connectivity index (χ4n) is 2.43. The van der Waals surface area contributed by atoms with E-state index in [1.165, 1.54) is 4.88 Å². The van der Waals surface area contributed by atoms with Gasteiger partial charge in [-0.15, -0.1) is 11.3 Å². The second-order valence-electron chi connectivity index (χ2n) is 5.13. The molecule has 0 spiro atoms. The van der Waals surface area contributed by atoms with Gasteiger partial charge in [0.1, 0.15) is 0 Å². The van der Waals surface area contributed by atoms with Crippen molar-refractivity contribution in [1.82, 2.24) is 4.90 Å². The zero-order valence-electron chi connectivity index (χ0n) is 10.5. The van der Waals surface area contributed by atoms with Crippen LogP contribution < -0.4 is 0 Å². The van der Waals surface area contributed by atoms with E-state index in [2.05, 4.69) is 33.0 Å². The Morgan fingerprint density at radius 3 is 2.72 bits per heavy atom. The van der Waals surface area contributed by atoms with E-state index in [0.29, 0.717) is 6.54 Å². The minimum absolute atomic E-state index is 0.467. The van der Waals surface area contributed by atoms with Crippen molar-refractivity contribution in [2.75, 3.05) is 20.1 Å². The Kier molecular flexibility index (Phi) is 4.45. The summed E-state index contributed by atoms with van der Waals surface area (Å²) >= 11 is 5.20. The SMILES string of the molecule is CN(CCc1ccc(Br)s1)CC1(C(=O)O)CCC1. The maximum atomic E-state index is 11.3. The van der Waals surface area contributed by atoms with Crippen LogP contribution in [0, 0.1) is 5.41 Å². The Morgan fingerprint density at radius 2 is 2.28 bits per heavy atom. The lowest BCUT2D eigenvalue weighted by Crippen LogP contribution is -2.47. The van der Waals surface area contributed by atoms with E-state index >= 15 is 0 Å². The highest BCUT2D eigenvalue weighted by molar-refractivity contribution is 9.11. The molecule has 1 aliphatic carbocycles. The quantitative estimate of drug-likeness (QED) is 0.869. The number of aliphatic carboxylic acids is 1. The Balaban J connectivity index is 1.81. The van der Waals surface area contributed by atoms with Crippen LogP contribution in [0.5, 0.6) is 0 Å². The van der Waals surface area contributed by atoms with Gasteiger partial charge in [-0.3, -0.25) is 4.79 Å². The van der Waals surface area contributed by atoms with Crippen molar-refractivity contribution < 1.29 is 9.90 Å². The van der Waals surface area contributed by atoms with Crippen molar-refractivity contribution in [3.05, 3.63) is 20.8 Å². The third-order valence-corrected chi connectivity index (χ3v) is 5.39. The molecule has 1 aromatic rings. The lowest BCUT2D eigenvalue weighted by Gasteiger charge is -2.40. The van der Waals surface area contributed by atoms with E-state index in [1.54, 1.807) is 11.3 Å². The van der Waals surface area contributed by atoms with Gasteiger partial charge in [0.05, 0.1) is 9.20 Å². The van der Waals surface area contributed by atoms with Crippen molar-refractivity contribution in [2.45, 2.75) is 25.7 Å². The Labute approximate surface area is 120 Å². The van der Waals surface area contributed by atoms with Crippen LogP contribution in [-0.4, -0.2) is 36.1 Å².